The Morgan fingerprint density at radius 3 is 2.25 bits per heavy atom. The van der Waals surface area contributed by atoms with Crippen molar-refractivity contribution in [1.29, 1.82) is 0 Å². The maximum Gasteiger partial charge on any atom is 0.199 e. The van der Waals surface area contributed by atoms with E-state index in [1.165, 1.54) is 0 Å². The summed E-state index contributed by atoms with van der Waals surface area (Å²) in [4.78, 5) is 14.7. The zero-order valence-electron chi connectivity index (χ0n) is 15.3. The van der Waals surface area contributed by atoms with Crippen molar-refractivity contribution in [3.05, 3.63) is 113 Å². The summed E-state index contributed by atoms with van der Waals surface area (Å²) in [5, 5.41) is 0. The van der Waals surface area contributed by atoms with Gasteiger partial charge in [0.2, 0.25) is 0 Å². The monoisotopic (exact) mass is 388 g/mol. The average molecular weight is 388 g/mol. The van der Waals surface area contributed by atoms with Crippen LogP contribution in [0.2, 0.25) is 0 Å². The lowest BCUT2D eigenvalue weighted by atomic mass is 9.80. The number of rotatable bonds is 5. The maximum atomic E-state index is 13.6. The number of ether oxygens (including phenoxy) is 1. The fraction of sp³-hybridized carbons (Fsp3) is 0.125. The van der Waals surface area contributed by atoms with Crippen molar-refractivity contribution in [2.24, 2.45) is 0 Å². The smallest absolute Gasteiger partial charge is 0.199 e. The van der Waals surface area contributed by atoms with E-state index in [0.717, 1.165) is 11.1 Å². The second-order valence-electron chi connectivity index (χ2n) is 6.77. The van der Waals surface area contributed by atoms with Gasteiger partial charge in [-0.1, -0.05) is 79.4 Å². The van der Waals surface area contributed by atoms with E-state index in [1.807, 2.05) is 72.8 Å². The number of Topliss-reactive ketones (excluding diaryl/α,β-unsaturated/α-hetero) is 1. The lowest BCUT2D eigenvalue weighted by molar-refractivity contribution is -0.0454. The number of hydrogen-bond donors (Lipinski definition) is 0. The molecule has 0 fully saturated rings. The van der Waals surface area contributed by atoms with Crippen LogP contribution in [-0.2, 0) is 27.7 Å². The molecule has 0 amide bonds. The van der Waals surface area contributed by atoms with Crippen molar-refractivity contribution < 1.29 is 13.7 Å². The summed E-state index contributed by atoms with van der Waals surface area (Å²) < 4.78 is 19.2. The molecule has 3 aromatic rings. The Morgan fingerprint density at radius 2 is 1.54 bits per heavy atom. The SMILES string of the molecule is C=C(CC1(c2ccccc2)OCc2ccccc2C1=O)S(=O)c1ccccc1. The first-order chi connectivity index (χ1) is 13.6. The van der Waals surface area contributed by atoms with Crippen molar-refractivity contribution in [3.63, 3.8) is 0 Å². The maximum absolute atomic E-state index is 13.6. The van der Waals surface area contributed by atoms with Crippen LogP contribution in [-0.4, -0.2) is 9.99 Å². The molecule has 0 aromatic heterocycles. The molecule has 1 heterocycles. The van der Waals surface area contributed by atoms with Gasteiger partial charge < -0.3 is 4.74 Å². The Hall–Kier alpha value is -2.82. The molecule has 2 atom stereocenters. The summed E-state index contributed by atoms with van der Waals surface area (Å²) in [5.74, 6) is -0.119. The Morgan fingerprint density at radius 1 is 0.929 bits per heavy atom. The predicted molar refractivity (Wildman–Crippen MR) is 110 cm³/mol. The van der Waals surface area contributed by atoms with E-state index in [9.17, 15) is 9.00 Å². The van der Waals surface area contributed by atoms with Gasteiger partial charge in [0, 0.05) is 21.8 Å². The van der Waals surface area contributed by atoms with E-state index < -0.39 is 16.4 Å². The van der Waals surface area contributed by atoms with Crippen LogP contribution in [0.5, 0.6) is 0 Å². The number of benzene rings is 3. The van der Waals surface area contributed by atoms with E-state index in [1.54, 1.807) is 12.1 Å². The molecule has 4 heteroatoms. The predicted octanol–water partition coefficient (Wildman–Crippen LogP) is 5.01. The van der Waals surface area contributed by atoms with Crippen molar-refractivity contribution >= 4 is 16.6 Å². The average Bonchev–Trinajstić information content (AvgIpc) is 2.76. The molecule has 3 nitrogen and oxygen atoms in total. The van der Waals surface area contributed by atoms with Gasteiger partial charge in [0.05, 0.1) is 17.4 Å². The van der Waals surface area contributed by atoms with Crippen LogP contribution in [0.25, 0.3) is 0 Å². The van der Waals surface area contributed by atoms with Crippen LogP contribution in [0.4, 0.5) is 0 Å². The first-order valence-corrected chi connectivity index (χ1v) is 10.2. The minimum atomic E-state index is -1.43. The second-order valence-corrected chi connectivity index (χ2v) is 8.35. The minimum absolute atomic E-state index is 0.119. The van der Waals surface area contributed by atoms with E-state index in [2.05, 4.69) is 6.58 Å². The van der Waals surface area contributed by atoms with Crippen LogP contribution in [0, 0.1) is 0 Å². The van der Waals surface area contributed by atoms with Crippen LogP contribution in [0.1, 0.15) is 27.9 Å². The van der Waals surface area contributed by atoms with Gasteiger partial charge in [0.25, 0.3) is 0 Å². The highest BCUT2D eigenvalue weighted by Crippen LogP contribution is 2.41. The third-order valence-electron chi connectivity index (χ3n) is 5.01. The van der Waals surface area contributed by atoms with Crippen LogP contribution < -0.4 is 0 Å². The van der Waals surface area contributed by atoms with Gasteiger partial charge in [-0.25, -0.2) is 4.21 Å². The zero-order valence-corrected chi connectivity index (χ0v) is 16.2. The largest absolute Gasteiger partial charge is 0.357 e. The Balaban J connectivity index is 1.75. The molecule has 0 saturated carbocycles. The lowest BCUT2D eigenvalue weighted by Crippen LogP contribution is -2.43. The molecule has 1 aliphatic heterocycles. The molecular formula is C24H20O3S. The van der Waals surface area contributed by atoms with Gasteiger partial charge in [-0.3, -0.25) is 4.79 Å². The lowest BCUT2D eigenvalue weighted by Gasteiger charge is -2.37. The van der Waals surface area contributed by atoms with Crippen LogP contribution in [0.3, 0.4) is 0 Å². The topological polar surface area (TPSA) is 43.4 Å². The van der Waals surface area contributed by atoms with E-state index in [-0.39, 0.29) is 12.2 Å². The highest BCUT2D eigenvalue weighted by molar-refractivity contribution is 7.89. The van der Waals surface area contributed by atoms with Crippen molar-refractivity contribution in [2.75, 3.05) is 0 Å². The van der Waals surface area contributed by atoms with E-state index in [0.29, 0.717) is 22.0 Å². The Bertz CT molecular complexity index is 1040. The first kappa shape index (κ1) is 18.5. The summed E-state index contributed by atoms with van der Waals surface area (Å²) in [5.41, 5.74) is 1.04. The third kappa shape index (κ3) is 3.26. The standard InChI is InChI=1S/C24H20O3S/c1-18(28(26)21-13-6-3-7-14-21)16-24(20-11-4-2-5-12-20)23(25)22-15-9-8-10-19(22)17-27-24/h2-15H,1,16-17H2. The number of fused-ring (bicyclic) bond motifs is 1. The number of hydrogen-bond acceptors (Lipinski definition) is 3. The van der Waals surface area contributed by atoms with Gasteiger partial charge in [0.1, 0.15) is 0 Å². The Kier molecular flexibility index (Phi) is 5.07. The van der Waals surface area contributed by atoms with E-state index >= 15 is 0 Å². The fourth-order valence-corrected chi connectivity index (χ4v) is 4.63. The van der Waals surface area contributed by atoms with Crippen LogP contribution >= 0.6 is 0 Å². The van der Waals surface area contributed by atoms with Gasteiger partial charge in [0.15, 0.2) is 11.4 Å². The van der Waals surface area contributed by atoms with Gasteiger partial charge in [-0.15, -0.1) is 0 Å². The molecule has 0 aliphatic carbocycles. The summed E-state index contributed by atoms with van der Waals surface area (Å²) in [7, 11) is -1.43. The summed E-state index contributed by atoms with van der Waals surface area (Å²) in [6.07, 6.45) is 0.158. The molecule has 4 rings (SSSR count). The van der Waals surface area contributed by atoms with E-state index in [4.69, 9.17) is 4.74 Å². The molecule has 0 spiro atoms. The van der Waals surface area contributed by atoms with Crippen molar-refractivity contribution in [1.82, 2.24) is 0 Å². The van der Waals surface area contributed by atoms with Gasteiger partial charge >= 0.3 is 0 Å². The molecule has 140 valence electrons. The number of carbonyl (C=O) groups is 1. The highest BCUT2D eigenvalue weighted by Gasteiger charge is 2.46. The Labute approximate surface area is 167 Å². The normalized spacial score (nSPS) is 19.6. The third-order valence-corrected chi connectivity index (χ3v) is 6.38. The molecule has 1 aliphatic rings. The molecular weight excluding hydrogens is 368 g/mol. The van der Waals surface area contributed by atoms with Crippen molar-refractivity contribution in [2.45, 2.75) is 23.5 Å². The molecule has 2 unspecified atom stereocenters. The number of carbonyl (C=O) groups excluding carboxylic acids is 1. The summed E-state index contributed by atoms with van der Waals surface area (Å²) >= 11 is 0. The highest BCUT2D eigenvalue weighted by atomic mass is 32.2. The minimum Gasteiger partial charge on any atom is -0.357 e. The van der Waals surface area contributed by atoms with Crippen LogP contribution in [0.15, 0.2) is 101 Å². The quantitative estimate of drug-likeness (QED) is 0.617. The molecule has 3 aromatic carbocycles. The fourth-order valence-electron chi connectivity index (χ4n) is 3.56. The first-order valence-electron chi connectivity index (χ1n) is 9.08. The number of ketones is 1. The second kappa shape index (κ2) is 7.66. The van der Waals surface area contributed by atoms with Gasteiger partial charge in [-0.05, 0) is 23.3 Å². The van der Waals surface area contributed by atoms with Gasteiger partial charge in [-0.2, -0.15) is 0 Å². The molecule has 0 saturated heterocycles. The molecule has 0 bridgehead atoms. The van der Waals surface area contributed by atoms with Crippen molar-refractivity contribution in [3.8, 4) is 0 Å². The molecule has 0 radical (unpaired) electrons. The zero-order chi connectivity index (χ0) is 19.6. The summed E-state index contributed by atoms with van der Waals surface area (Å²) in [6, 6.07) is 26.1. The molecule has 0 N–H and O–H groups in total. The summed E-state index contributed by atoms with van der Waals surface area (Å²) in [6.45, 7) is 4.38. The molecule has 28 heavy (non-hydrogen) atoms.